The van der Waals surface area contributed by atoms with Crippen molar-refractivity contribution in [3.8, 4) is 11.5 Å². The van der Waals surface area contributed by atoms with E-state index in [0.717, 1.165) is 10.5 Å². The minimum absolute atomic E-state index is 0.331. The molecule has 1 N–H and O–H groups in total. The van der Waals surface area contributed by atoms with E-state index in [1.165, 1.54) is 0 Å². The van der Waals surface area contributed by atoms with Crippen molar-refractivity contribution in [1.29, 1.82) is 0 Å². The third-order valence-electron chi connectivity index (χ3n) is 4.75. The lowest BCUT2D eigenvalue weighted by molar-refractivity contribution is -0.124. The molecule has 1 atom stereocenters. The second kappa shape index (κ2) is 8.12. The van der Waals surface area contributed by atoms with Crippen LogP contribution in [-0.4, -0.2) is 49.4 Å². The number of nitrogens with zero attached hydrogens (tertiary/aromatic N) is 1. The van der Waals surface area contributed by atoms with E-state index in [1.807, 2.05) is 12.1 Å². The lowest BCUT2D eigenvalue weighted by Gasteiger charge is -2.21. The van der Waals surface area contributed by atoms with Gasteiger partial charge in [0.15, 0.2) is 11.5 Å². The Hall–Kier alpha value is -3.35. The predicted octanol–water partition coefficient (Wildman–Crippen LogP) is 2.05. The van der Waals surface area contributed by atoms with Crippen LogP contribution >= 0.6 is 0 Å². The van der Waals surface area contributed by atoms with Crippen molar-refractivity contribution in [3.05, 3.63) is 59.2 Å². The average Bonchev–Trinajstić information content (AvgIpc) is 2.97. The fraction of sp³-hybridized carbons (Fsp3) is 0.286. The number of carbonyl (C=O) groups excluding carboxylic acids is 3. The van der Waals surface area contributed by atoms with Crippen LogP contribution in [0, 0.1) is 0 Å². The summed E-state index contributed by atoms with van der Waals surface area (Å²) in [6.45, 7) is 1.91. The molecule has 0 fully saturated rings. The standard InChI is InChI=1S/C21H22N2O5/c1-13(23-20(25)15-6-4-5-7-16(15)21(23)26)19(24)22-11-10-14-8-9-17(27-2)18(12-14)28-3/h4-9,12-13H,10-11H2,1-3H3,(H,22,24)/t13-/m0/s1. The van der Waals surface area contributed by atoms with Crippen molar-refractivity contribution < 1.29 is 23.9 Å². The second-order valence-electron chi connectivity index (χ2n) is 6.43. The van der Waals surface area contributed by atoms with E-state index in [0.29, 0.717) is 35.6 Å². The average molecular weight is 382 g/mol. The van der Waals surface area contributed by atoms with Crippen LogP contribution in [0.25, 0.3) is 0 Å². The van der Waals surface area contributed by atoms with Gasteiger partial charge in [-0.15, -0.1) is 0 Å². The zero-order chi connectivity index (χ0) is 20.3. The molecular weight excluding hydrogens is 360 g/mol. The summed E-state index contributed by atoms with van der Waals surface area (Å²) in [4.78, 5) is 38.5. The Morgan fingerprint density at radius 1 is 1.00 bits per heavy atom. The quantitative estimate of drug-likeness (QED) is 0.741. The molecule has 7 heteroatoms. The third-order valence-corrected chi connectivity index (χ3v) is 4.75. The summed E-state index contributed by atoms with van der Waals surface area (Å²) in [5, 5.41) is 2.78. The molecule has 7 nitrogen and oxygen atoms in total. The summed E-state index contributed by atoms with van der Waals surface area (Å²) in [5.41, 5.74) is 1.63. The van der Waals surface area contributed by atoms with Gasteiger partial charge in [0.25, 0.3) is 11.8 Å². The van der Waals surface area contributed by atoms with E-state index in [-0.39, 0.29) is 5.91 Å². The Kier molecular flexibility index (Phi) is 5.63. The van der Waals surface area contributed by atoms with Gasteiger partial charge in [0.2, 0.25) is 5.91 Å². The lowest BCUT2D eigenvalue weighted by atomic mass is 10.1. The van der Waals surface area contributed by atoms with E-state index >= 15 is 0 Å². The molecule has 0 bridgehead atoms. The molecule has 2 aromatic carbocycles. The monoisotopic (exact) mass is 382 g/mol. The Morgan fingerprint density at radius 2 is 1.61 bits per heavy atom. The minimum Gasteiger partial charge on any atom is -0.493 e. The van der Waals surface area contributed by atoms with Crippen LogP contribution in [0.2, 0.25) is 0 Å². The predicted molar refractivity (Wildman–Crippen MR) is 103 cm³/mol. The van der Waals surface area contributed by atoms with Gasteiger partial charge in [0.05, 0.1) is 25.3 Å². The number of carbonyl (C=O) groups is 3. The van der Waals surface area contributed by atoms with Crippen LogP contribution in [0.5, 0.6) is 11.5 Å². The molecule has 146 valence electrons. The number of methoxy groups -OCH3 is 2. The molecule has 1 aliphatic rings. The summed E-state index contributed by atoms with van der Waals surface area (Å²) in [5.74, 6) is -0.0125. The van der Waals surface area contributed by atoms with Gasteiger partial charge in [-0.2, -0.15) is 0 Å². The highest BCUT2D eigenvalue weighted by molar-refractivity contribution is 6.22. The molecule has 28 heavy (non-hydrogen) atoms. The highest BCUT2D eigenvalue weighted by Gasteiger charge is 2.40. The summed E-state index contributed by atoms with van der Waals surface area (Å²) in [7, 11) is 3.13. The molecule has 0 saturated carbocycles. The van der Waals surface area contributed by atoms with E-state index in [9.17, 15) is 14.4 Å². The Morgan fingerprint density at radius 3 is 2.18 bits per heavy atom. The maximum absolute atomic E-state index is 12.5. The molecule has 0 spiro atoms. The molecule has 0 saturated heterocycles. The van der Waals surface area contributed by atoms with Gasteiger partial charge in [-0.25, -0.2) is 0 Å². The van der Waals surface area contributed by atoms with Gasteiger partial charge in [0, 0.05) is 6.54 Å². The lowest BCUT2D eigenvalue weighted by Crippen LogP contribution is -2.48. The van der Waals surface area contributed by atoms with E-state index in [2.05, 4.69) is 5.32 Å². The molecular formula is C21H22N2O5. The molecule has 0 unspecified atom stereocenters. The van der Waals surface area contributed by atoms with Crippen LogP contribution in [0.1, 0.15) is 33.2 Å². The van der Waals surface area contributed by atoms with Crippen molar-refractivity contribution in [1.82, 2.24) is 10.2 Å². The first-order chi connectivity index (χ1) is 13.5. The molecule has 2 aromatic rings. The fourth-order valence-corrected chi connectivity index (χ4v) is 3.19. The Balaban J connectivity index is 1.60. The first-order valence-corrected chi connectivity index (χ1v) is 8.93. The number of nitrogens with one attached hydrogen (secondary N) is 1. The first kappa shape index (κ1) is 19.4. The maximum Gasteiger partial charge on any atom is 0.262 e. The van der Waals surface area contributed by atoms with Crippen LogP contribution in [0.3, 0.4) is 0 Å². The highest BCUT2D eigenvalue weighted by Crippen LogP contribution is 2.27. The Labute approximate surface area is 163 Å². The summed E-state index contributed by atoms with van der Waals surface area (Å²) in [6, 6.07) is 11.2. The van der Waals surface area contributed by atoms with Crippen molar-refractivity contribution in [2.75, 3.05) is 20.8 Å². The number of ether oxygens (including phenoxy) is 2. The van der Waals surface area contributed by atoms with Gasteiger partial charge >= 0.3 is 0 Å². The van der Waals surface area contributed by atoms with Crippen LogP contribution in [0.15, 0.2) is 42.5 Å². The Bertz CT molecular complexity index is 890. The fourth-order valence-electron chi connectivity index (χ4n) is 3.19. The molecule has 1 heterocycles. The maximum atomic E-state index is 12.5. The second-order valence-corrected chi connectivity index (χ2v) is 6.43. The molecule has 3 rings (SSSR count). The topological polar surface area (TPSA) is 84.9 Å². The van der Waals surface area contributed by atoms with Crippen LogP contribution in [0.4, 0.5) is 0 Å². The van der Waals surface area contributed by atoms with E-state index in [1.54, 1.807) is 51.5 Å². The minimum atomic E-state index is -0.891. The van der Waals surface area contributed by atoms with Crippen LogP contribution in [-0.2, 0) is 11.2 Å². The number of hydrogen-bond acceptors (Lipinski definition) is 5. The van der Waals surface area contributed by atoms with Crippen molar-refractivity contribution in [2.45, 2.75) is 19.4 Å². The highest BCUT2D eigenvalue weighted by atomic mass is 16.5. The van der Waals surface area contributed by atoms with Gasteiger partial charge < -0.3 is 14.8 Å². The molecule has 0 radical (unpaired) electrons. The zero-order valence-corrected chi connectivity index (χ0v) is 16.0. The number of rotatable bonds is 7. The van der Waals surface area contributed by atoms with E-state index in [4.69, 9.17) is 9.47 Å². The van der Waals surface area contributed by atoms with Crippen molar-refractivity contribution in [2.24, 2.45) is 0 Å². The molecule has 3 amide bonds. The number of benzene rings is 2. The van der Waals surface area contributed by atoms with Crippen molar-refractivity contribution >= 4 is 17.7 Å². The summed E-state index contributed by atoms with van der Waals surface area (Å²) >= 11 is 0. The zero-order valence-electron chi connectivity index (χ0n) is 16.0. The summed E-state index contributed by atoms with van der Waals surface area (Å²) in [6.07, 6.45) is 0.570. The normalized spacial score (nSPS) is 13.9. The molecule has 1 aliphatic heterocycles. The smallest absolute Gasteiger partial charge is 0.262 e. The van der Waals surface area contributed by atoms with Gasteiger partial charge in [0.1, 0.15) is 6.04 Å². The molecule has 0 aliphatic carbocycles. The van der Waals surface area contributed by atoms with Gasteiger partial charge in [-0.1, -0.05) is 18.2 Å². The van der Waals surface area contributed by atoms with Crippen LogP contribution < -0.4 is 14.8 Å². The van der Waals surface area contributed by atoms with Gasteiger partial charge in [-0.3, -0.25) is 19.3 Å². The van der Waals surface area contributed by atoms with Crippen molar-refractivity contribution in [3.63, 3.8) is 0 Å². The third kappa shape index (κ3) is 3.55. The number of hydrogen-bond donors (Lipinski definition) is 1. The largest absolute Gasteiger partial charge is 0.493 e. The number of amides is 3. The van der Waals surface area contributed by atoms with Gasteiger partial charge in [-0.05, 0) is 43.2 Å². The number of fused-ring (bicyclic) bond motifs is 1. The van der Waals surface area contributed by atoms with E-state index < -0.39 is 17.9 Å². The summed E-state index contributed by atoms with van der Waals surface area (Å²) < 4.78 is 10.5. The number of imide groups is 1. The molecule has 0 aromatic heterocycles. The SMILES string of the molecule is COc1ccc(CCNC(=O)[C@H](C)N2C(=O)c3ccccc3C2=O)cc1OC. The first-order valence-electron chi connectivity index (χ1n) is 8.93.